The number of carbonyl (C=O) groups excluding carboxylic acids is 2. The molecule has 1 saturated carbocycles. The fourth-order valence-corrected chi connectivity index (χ4v) is 4.37. The van der Waals surface area contributed by atoms with Gasteiger partial charge in [0.25, 0.3) is 0 Å². The van der Waals surface area contributed by atoms with Gasteiger partial charge in [0.2, 0.25) is 5.91 Å². The lowest BCUT2D eigenvalue weighted by Gasteiger charge is -2.28. The molecule has 33 heavy (non-hydrogen) atoms. The Hall–Kier alpha value is -2.88. The van der Waals surface area contributed by atoms with Gasteiger partial charge >= 0.3 is 5.97 Å². The third-order valence-corrected chi connectivity index (χ3v) is 6.49. The van der Waals surface area contributed by atoms with E-state index in [1.165, 1.54) is 48.7 Å². The minimum atomic E-state index is -0.247. The van der Waals surface area contributed by atoms with Crippen molar-refractivity contribution in [2.45, 2.75) is 65.7 Å². The third kappa shape index (κ3) is 8.20. The molecule has 4 heteroatoms. The number of hydrogen-bond acceptors (Lipinski definition) is 3. The van der Waals surface area contributed by atoms with Crippen LogP contribution in [0, 0.1) is 11.8 Å². The minimum Gasteiger partial charge on any atom is -0.469 e. The molecule has 0 aliphatic heterocycles. The molecule has 0 aromatic heterocycles. The average Bonchev–Trinajstić information content (AvgIpc) is 2.82. The van der Waals surface area contributed by atoms with Crippen molar-refractivity contribution in [1.29, 1.82) is 0 Å². The molecular weight excluding hydrogens is 410 g/mol. The van der Waals surface area contributed by atoms with Gasteiger partial charge in [0.1, 0.15) is 0 Å². The largest absolute Gasteiger partial charge is 0.469 e. The molecule has 1 amide bonds. The van der Waals surface area contributed by atoms with Crippen LogP contribution < -0.4 is 5.73 Å². The first-order valence-corrected chi connectivity index (χ1v) is 12.1. The topological polar surface area (TPSA) is 69.4 Å². The maximum Gasteiger partial charge on any atom is 0.305 e. The Bertz CT molecular complexity index is 911. The Morgan fingerprint density at radius 1 is 1.12 bits per heavy atom. The highest BCUT2D eigenvalue weighted by molar-refractivity contribution is 5.77. The standard InChI is InChI=1S/C25H31NO.C4H8O2/c1-3-23-22(17-25(26)27)16-21(20-12-8-13-20)14-7-9-18(2)24(23)15-19-10-5-4-6-11-19;1-3-4(5)6-2/h4-7,9-11,14,16,20,24H,3,8,12-13,15,17H2,1-2H3,(H2,26,27);3H2,1-2H3/b14-7-,18-9+,21-16-,23-22+;. The highest BCUT2D eigenvalue weighted by atomic mass is 16.5. The molecule has 0 radical (unpaired) electrons. The van der Waals surface area contributed by atoms with E-state index >= 15 is 0 Å². The molecule has 1 atom stereocenters. The van der Waals surface area contributed by atoms with Gasteiger partial charge < -0.3 is 10.5 Å². The zero-order valence-corrected chi connectivity index (χ0v) is 20.6. The van der Waals surface area contributed by atoms with Crippen LogP contribution in [-0.2, 0) is 20.7 Å². The van der Waals surface area contributed by atoms with Gasteiger partial charge in [0.15, 0.2) is 0 Å². The number of allylic oxidation sites excluding steroid dienone is 7. The summed E-state index contributed by atoms with van der Waals surface area (Å²) >= 11 is 0. The van der Waals surface area contributed by atoms with Crippen LogP contribution in [0.25, 0.3) is 0 Å². The van der Waals surface area contributed by atoms with E-state index in [-0.39, 0.29) is 11.9 Å². The lowest BCUT2D eigenvalue weighted by Crippen LogP contribution is -2.17. The molecule has 2 N–H and O–H groups in total. The highest BCUT2D eigenvalue weighted by Crippen LogP contribution is 2.38. The van der Waals surface area contributed by atoms with Crippen molar-refractivity contribution >= 4 is 11.9 Å². The predicted molar refractivity (Wildman–Crippen MR) is 135 cm³/mol. The smallest absolute Gasteiger partial charge is 0.305 e. The first kappa shape index (κ1) is 26.4. The summed E-state index contributed by atoms with van der Waals surface area (Å²) in [6.45, 7) is 6.17. The molecule has 178 valence electrons. The Kier molecular flexibility index (Phi) is 10.9. The number of nitrogens with two attached hydrogens (primary N) is 1. The van der Waals surface area contributed by atoms with Crippen molar-refractivity contribution in [2.75, 3.05) is 7.11 Å². The summed E-state index contributed by atoms with van der Waals surface area (Å²) < 4.78 is 4.26. The van der Waals surface area contributed by atoms with Crippen LogP contribution in [0.3, 0.4) is 0 Å². The van der Waals surface area contributed by atoms with Crippen molar-refractivity contribution in [3.8, 4) is 0 Å². The van der Waals surface area contributed by atoms with E-state index in [4.69, 9.17) is 5.73 Å². The second-order valence-corrected chi connectivity index (χ2v) is 8.76. The molecule has 1 aromatic rings. The first-order chi connectivity index (χ1) is 15.9. The minimum absolute atomic E-state index is 0.157. The third-order valence-electron chi connectivity index (χ3n) is 6.49. The van der Waals surface area contributed by atoms with Crippen molar-refractivity contribution < 1.29 is 14.3 Å². The maximum atomic E-state index is 11.8. The number of carbonyl (C=O) groups is 2. The highest BCUT2D eigenvalue weighted by Gasteiger charge is 2.24. The molecule has 3 rings (SSSR count). The average molecular weight is 450 g/mol. The molecule has 1 fully saturated rings. The SMILES string of the molecule is CC/C1=C(CC(N)=O)/C=C(C2CCC2)/C=C\C=C(/C)C1Cc1ccccc1.CCC(=O)OC. The van der Waals surface area contributed by atoms with Gasteiger partial charge in [-0.25, -0.2) is 0 Å². The molecular formula is C29H39NO3. The molecule has 1 aromatic carbocycles. The molecule has 0 spiro atoms. The Labute approximate surface area is 199 Å². The number of esters is 1. The van der Waals surface area contributed by atoms with Gasteiger partial charge in [-0.3, -0.25) is 9.59 Å². The summed E-state index contributed by atoms with van der Waals surface area (Å²) in [4.78, 5) is 21.8. The predicted octanol–water partition coefficient (Wildman–Crippen LogP) is 6.24. The second kappa shape index (κ2) is 13.6. The van der Waals surface area contributed by atoms with Crippen LogP contribution in [-0.4, -0.2) is 19.0 Å². The van der Waals surface area contributed by atoms with E-state index in [9.17, 15) is 9.59 Å². The van der Waals surface area contributed by atoms with Crippen LogP contribution in [0.1, 0.15) is 64.9 Å². The molecule has 2 aliphatic carbocycles. The van der Waals surface area contributed by atoms with E-state index in [0.29, 0.717) is 24.7 Å². The summed E-state index contributed by atoms with van der Waals surface area (Å²) in [6.07, 6.45) is 15.4. The fraction of sp³-hybridized carbons (Fsp3) is 0.448. The fourth-order valence-electron chi connectivity index (χ4n) is 4.37. The van der Waals surface area contributed by atoms with Gasteiger partial charge in [0, 0.05) is 12.3 Å². The summed E-state index contributed by atoms with van der Waals surface area (Å²) in [5.41, 5.74) is 12.1. The number of ether oxygens (including phenoxy) is 1. The Morgan fingerprint density at radius 3 is 2.30 bits per heavy atom. The number of rotatable bonds is 7. The molecule has 0 bridgehead atoms. The van der Waals surface area contributed by atoms with Crippen LogP contribution in [0.2, 0.25) is 0 Å². The number of benzene rings is 1. The van der Waals surface area contributed by atoms with Gasteiger partial charge in [-0.05, 0) is 55.2 Å². The summed E-state index contributed by atoms with van der Waals surface area (Å²) in [5, 5.41) is 0. The summed E-state index contributed by atoms with van der Waals surface area (Å²) in [5.74, 6) is 0.522. The summed E-state index contributed by atoms with van der Waals surface area (Å²) in [7, 11) is 1.38. The normalized spacial score (nSPS) is 24.8. The van der Waals surface area contributed by atoms with E-state index in [0.717, 1.165) is 18.4 Å². The summed E-state index contributed by atoms with van der Waals surface area (Å²) in [6, 6.07) is 10.6. The lowest BCUT2D eigenvalue weighted by atomic mass is 9.77. The molecule has 4 nitrogen and oxygen atoms in total. The van der Waals surface area contributed by atoms with Crippen LogP contribution in [0.15, 0.2) is 76.9 Å². The number of methoxy groups -OCH3 is 1. The second-order valence-electron chi connectivity index (χ2n) is 8.76. The van der Waals surface area contributed by atoms with Gasteiger partial charge in [-0.15, -0.1) is 0 Å². The van der Waals surface area contributed by atoms with E-state index in [2.05, 4.69) is 73.2 Å². The molecule has 2 aliphatic rings. The van der Waals surface area contributed by atoms with E-state index < -0.39 is 0 Å². The number of hydrogen-bond donors (Lipinski definition) is 1. The first-order valence-electron chi connectivity index (χ1n) is 12.1. The van der Waals surface area contributed by atoms with Gasteiger partial charge in [0.05, 0.1) is 13.5 Å². The van der Waals surface area contributed by atoms with Crippen molar-refractivity contribution in [3.05, 3.63) is 82.5 Å². The van der Waals surface area contributed by atoms with Crippen molar-refractivity contribution in [2.24, 2.45) is 17.6 Å². The van der Waals surface area contributed by atoms with Crippen LogP contribution in [0.4, 0.5) is 0 Å². The quantitative estimate of drug-likeness (QED) is 0.501. The van der Waals surface area contributed by atoms with Crippen molar-refractivity contribution in [1.82, 2.24) is 0 Å². The monoisotopic (exact) mass is 449 g/mol. The van der Waals surface area contributed by atoms with Gasteiger partial charge in [-0.2, -0.15) is 0 Å². The molecule has 1 unspecified atom stereocenters. The van der Waals surface area contributed by atoms with Crippen LogP contribution >= 0.6 is 0 Å². The number of amides is 1. The van der Waals surface area contributed by atoms with Gasteiger partial charge in [-0.1, -0.05) is 86.1 Å². The maximum absolute atomic E-state index is 11.8. The molecule has 0 saturated heterocycles. The Morgan fingerprint density at radius 2 is 1.82 bits per heavy atom. The zero-order valence-electron chi connectivity index (χ0n) is 20.6. The lowest BCUT2D eigenvalue weighted by molar-refractivity contribution is -0.140. The molecule has 0 heterocycles. The zero-order chi connectivity index (χ0) is 24.2. The van der Waals surface area contributed by atoms with Crippen LogP contribution in [0.5, 0.6) is 0 Å². The number of primary amides is 1. The Balaban J connectivity index is 0.000000569. The van der Waals surface area contributed by atoms with Crippen molar-refractivity contribution in [3.63, 3.8) is 0 Å². The van der Waals surface area contributed by atoms with E-state index in [1.54, 1.807) is 6.92 Å². The van der Waals surface area contributed by atoms with E-state index in [1.807, 2.05) is 0 Å².